The van der Waals surface area contributed by atoms with Gasteiger partial charge in [-0.05, 0) is 25.7 Å². The molecule has 3 heteroatoms. The molecule has 0 aromatic carbocycles. The minimum atomic E-state index is -0.254. The van der Waals surface area contributed by atoms with Crippen molar-refractivity contribution >= 4 is 0 Å². The second-order valence-electron chi connectivity index (χ2n) is 4.23. The molecule has 2 rings (SSSR count). The van der Waals surface area contributed by atoms with Crippen LogP contribution in [0.25, 0.3) is 0 Å². The molecule has 2 saturated heterocycles. The molecule has 0 aliphatic carbocycles. The van der Waals surface area contributed by atoms with E-state index in [1.165, 1.54) is 0 Å². The summed E-state index contributed by atoms with van der Waals surface area (Å²) in [5.41, 5.74) is 0. The first-order valence-electron chi connectivity index (χ1n) is 5.15. The van der Waals surface area contributed by atoms with Gasteiger partial charge in [-0.25, -0.2) is 0 Å². The summed E-state index contributed by atoms with van der Waals surface area (Å²) in [5, 5.41) is 9.65. The van der Waals surface area contributed by atoms with Gasteiger partial charge in [0.15, 0.2) is 0 Å². The quantitative estimate of drug-likeness (QED) is 0.693. The minimum absolute atomic E-state index is 0.218. The Morgan fingerprint density at radius 1 is 1.38 bits per heavy atom. The maximum atomic E-state index is 9.65. The van der Waals surface area contributed by atoms with Gasteiger partial charge in [0.05, 0.1) is 18.8 Å². The summed E-state index contributed by atoms with van der Waals surface area (Å²) in [6.07, 6.45) is 2.17. The summed E-state index contributed by atoms with van der Waals surface area (Å²) in [4.78, 5) is 0. The highest BCUT2D eigenvalue weighted by Crippen LogP contribution is 2.30. The SMILES string of the molecule is CC1OCC(O)C1CC1CCOC1. The van der Waals surface area contributed by atoms with E-state index < -0.39 is 0 Å². The van der Waals surface area contributed by atoms with Crippen molar-refractivity contribution in [3.8, 4) is 0 Å². The maximum absolute atomic E-state index is 9.65. The normalized spacial score (nSPS) is 45.7. The molecular formula is C10H18O3. The van der Waals surface area contributed by atoms with Gasteiger partial charge < -0.3 is 14.6 Å². The lowest BCUT2D eigenvalue weighted by Gasteiger charge is -2.19. The number of hydrogen-bond acceptors (Lipinski definition) is 3. The number of aliphatic hydroxyl groups is 1. The van der Waals surface area contributed by atoms with Crippen LogP contribution in [0.4, 0.5) is 0 Å². The van der Waals surface area contributed by atoms with Crippen molar-refractivity contribution in [3.05, 3.63) is 0 Å². The Morgan fingerprint density at radius 3 is 2.77 bits per heavy atom. The first-order valence-corrected chi connectivity index (χ1v) is 5.15. The summed E-state index contributed by atoms with van der Waals surface area (Å²) >= 11 is 0. The molecule has 76 valence electrons. The van der Waals surface area contributed by atoms with Crippen molar-refractivity contribution < 1.29 is 14.6 Å². The molecule has 0 aromatic heterocycles. The molecule has 2 fully saturated rings. The van der Waals surface area contributed by atoms with E-state index in [9.17, 15) is 5.11 Å². The molecule has 0 amide bonds. The predicted octanol–water partition coefficient (Wildman–Crippen LogP) is 0.809. The summed E-state index contributed by atoms with van der Waals surface area (Å²) in [7, 11) is 0. The average Bonchev–Trinajstić information content (AvgIpc) is 2.70. The summed E-state index contributed by atoms with van der Waals surface area (Å²) in [5.74, 6) is 0.968. The predicted molar refractivity (Wildman–Crippen MR) is 48.5 cm³/mol. The number of ether oxygens (including phenoxy) is 2. The molecule has 0 saturated carbocycles. The molecule has 2 heterocycles. The second-order valence-corrected chi connectivity index (χ2v) is 4.23. The molecule has 0 aromatic rings. The minimum Gasteiger partial charge on any atom is -0.390 e. The summed E-state index contributed by atoms with van der Waals surface area (Å²) in [6.45, 7) is 4.33. The zero-order valence-corrected chi connectivity index (χ0v) is 8.11. The van der Waals surface area contributed by atoms with Crippen LogP contribution in [0.1, 0.15) is 19.8 Å². The summed E-state index contributed by atoms with van der Waals surface area (Å²) < 4.78 is 10.7. The van der Waals surface area contributed by atoms with Gasteiger partial charge in [0.1, 0.15) is 0 Å². The first kappa shape index (κ1) is 9.44. The monoisotopic (exact) mass is 186 g/mol. The number of rotatable bonds is 2. The van der Waals surface area contributed by atoms with E-state index >= 15 is 0 Å². The van der Waals surface area contributed by atoms with Crippen LogP contribution in [0, 0.1) is 11.8 Å². The fourth-order valence-electron chi connectivity index (χ4n) is 2.31. The molecule has 4 unspecified atom stereocenters. The largest absolute Gasteiger partial charge is 0.390 e. The van der Waals surface area contributed by atoms with Gasteiger partial charge in [-0.15, -0.1) is 0 Å². The van der Waals surface area contributed by atoms with Crippen molar-refractivity contribution in [2.75, 3.05) is 19.8 Å². The van der Waals surface area contributed by atoms with Crippen molar-refractivity contribution in [1.29, 1.82) is 0 Å². The fourth-order valence-corrected chi connectivity index (χ4v) is 2.31. The average molecular weight is 186 g/mol. The first-order chi connectivity index (χ1) is 6.27. The Balaban J connectivity index is 1.85. The molecular weight excluding hydrogens is 168 g/mol. The third-order valence-electron chi connectivity index (χ3n) is 3.26. The fraction of sp³-hybridized carbons (Fsp3) is 1.00. The zero-order chi connectivity index (χ0) is 9.26. The Morgan fingerprint density at radius 2 is 2.23 bits per heavy atom. The van der Waals surface area contributed by atoms with Crippen molar-refractivity contribution in [3.63, 3.8) is 0 Å². The van der Waals surface area contributed by atoms with E-state index in [0.717, 1.165) is 26.1 Å². The summed E-state index contributed by atoms with van der Waals surface area (Å²) in [6, 6.07) is 0. The van der Waals surface area contributed by atoms with Crippen LogP contribution in [0.5, 0.6) is 0 Å². The van der Waals surface area contributed by atoms with E-state index in [-0.39, 0.29) is 12.2 Å². The van der Waals surface area contributed by atoms with Crippen LogP contribution in [0.2, 0.25) is 0 Å². The third-order valence-corrected chi connectivity index (χ3v) is 3.26. The molecule has 2 aliphatic heterocycles. The van der Waals surface area contributed by atoms with Gasteiger partial charge in [-0.3, -0.25) is 0 Å². The van der Waals surface area contributed by atoms with Gasteiger partial charge >= 0.3 is 0 Å². The van der Waals surface area contributed by atoms with E-state index in [4.69, 9.17) is 9.47 Å². The van der Waals surface area contributed by atoms with Crippen LogP contribution in [0.15, 0.2) is 0 Å². The molecule has 4 atom stereocenters. The van der Waals surface area contributed by atoms with Gasteiger partial charge in [0.25, 0.3) is 0 Å². The van der Waals surface area contributed by atoms with E-state index in [1.54, 1.807) is 0 Å². The molecule has 2 aliphatic rings. The second kappa shape index (κ2) is 3.95. The van der Waals surface area contributed by atoms with E-state index in [0.29, 0.717) is 18.4 Å². The zero-order valence-electron chi connectivity index (χ0n) is 8.11. The van der Waals surface area contributed by atoms with Gasteiger partial charge in [0.2, 0.25) is 0 Å². The van der Waals surface area contributed by atoms with Crippen molar-refractivity contribution in [2.45, 2.75) is 32.0 Å². The number of aliphatic hydroxyl groups excluding tert-OH is 1. The Labute approximate surface area is 79.0 Å². The van der Waals surface area contributed by atoms with E-state index in [1.807, 2.05) is 0 Å². The highest BCUT2D eigenvalue weighted by atomic mass is 16.5. The highest BCUT2D eigenvalue weighted by Gasteiger charge is 2.35. The molecule has 0 bridgehead atoms. The molecule has 3 nitrogen and oxygen atoms in total. The van der Waals surface area contributed by atoms with Crippen LogP contribution < -0.4 is 0 Å². The molecule has 0 spiro atoms. The van der Waals surface area contributed by atoms with Crippen molar-refractivity contribution in [1.82, 2.24) is 0 Å². The van der Waals surface area contributed by atoms with Crippen LogP contribution in [0.3, 0.4) is 0 Å². The van der Waals surface area contributed by atoms with Crippen molar-refractivity contribution in [2.24, 2.45) is 11.8 Å². The van der Waals surface area contributed by atoms with Crippen LogP contribution >= 0.6 is 0 Å². The Bertz CT molecular complexity index is 156. The third kappa shape index (κ3) is 2.03. The lowest BCUT2D eigenvalue weighted by molar-refractivity contribution is 0.0951. The van der Waals surface area contributed by atoms with E-state index in [2.05, 4.69) is 6.92 Å². The van der Waals surface area contributed by atoms with Gasteiger partial charge in [-0.1, -0.05) is 0 Å². The molecule has 13 heavy (non-hydrogen) atoms. The molecule has 1 N–H and O–H groups in total. The Kier molecular flexibility index (Phi) is 2.86. The lowest BCUT2D eigenvalue weighted by atomic mass is 9.88. The topological polar surface area (TPSA) is 38.7 Å². The van der Waals surface area contributed by atoms with Crippen LogP contribution in [-0.2, 0) is 9.47 Å². The highest BCUT2D eigenvalue weighted by molar-refractivity contribution is 4.83. The van der Waals surface area contributed by atoms with Gasteiger partial charge in [0, 0.05) is 19.1 Å². The Hall–Kier alpha value is -0.120. The standard InChI is InChI=1S/C10H18O3/c1-7-9(10(11)6-13-7)4-8-2-3-12-5-8/h7-11H,2-6H2,1H3. The lowest BCUT2D eigenvalue weighted by Crippen LogP contribution is -2.25. The smallest absolute Gasteiger partial charge is 0.0826 e. The van der Waals surface area contributed by atoms with Gasteiger partial charge in [-0.2, -0.15) is 0 Å². The molecule has 0 radical (unpaired) electrons. The number of hydrogen-bond donors (Lipinski definition) is 1. The van der Waals surface area contributed by atoms with Crippen LogP contribution in [-0.4, -0.2) is 37.1 Å². The maximum Gasteiger partial charge on any atom is 0.0826 e.